The third-order valence-electron chi connectivity index (χ3n) is 3.62. The quantitative estimate of drug-likeness (QED) is 0.845. The molecular formula is C16H22ClN3O2. The number of halogens is 1. The van der Waals surface area contributed by atoms with Crippen LogP contribution in [0.15, 0.2) is 18.2 Å². The molecule has 0 spiro atoms. The Morgan fingerprint density at radius 3 is 2.68 bits per heavy atom. The normalized spacial score (nSPS) is 14.0. The van der Waals surface area contributed by atoms with Gasteiger partial charge in [0.15, 0.2) is 0 Å². The zero-order chi connectivity index (χ0) is 15.9. The molecule has 1 heterocycles. The Balaban J connectivity index is 2.07. The number of rotatable bonds is 6. The Kier molecular flexibility index (Phi) is 6.07. The molecule has 0 bridgehead atoms. The van der Waals surface area contributed by atoms with Crippen LogP contribution < -0.4 is 10.6 Å². The summed E-state index contributed by atoms with van der Waals surface area (Å²) < 4.78 is 0. The molecule has 0 radical (unpaired) electrons. The lowest BCUT2D eigenvalue weighted by Gasteiger charge is -2.18. The van der Waals surface area contributed by atoms with E-state index in [2.05, 4.69) is 10.6 Å². The van der Waals surface area contributed by atoms with Crippen LogP contribution in [0.2, 0.25) is 5.02 Å². The van der Waals surface area contributed by atoms with Gasteiger partial charge in [-0.05, 0) is 37.5 Å². The number of amides is 2. The summed E-state index contributed by atoms with van der Waals surface area (Å²) in [5.41, 5.74) is 1.17. The summed E-state index contributed by atoms with van der Waals surface area (Å²) in [6.45, 7) is 4.35. The van der Waals surface area contributed by atoms with Gasteiger partial charge in [-0.2, -0.15) is 0 Å². The Morgan fingerprint density at radius 2 is 2.00 bits per heavy atom. The number of carbonyl (C=O) groups excluding carboxylic acids is 2. The summed E-state index contributed by atoms with van der Waals surface area (Å²) in [5.74, 6) is -0.118. The van der Waals surface area contributed by atoms with Gasteiger partial charge in [0, 0.05) is 30.3 Å². The molecule has 2 N–H and O–H groups in total. The average Bonchev–Trinajstić information content (AvgIpc) is 3.05. The molecule has 1 fully saturated rings. The van der Waals surface area contributed by atoms with Crippen LogP contribution in [0.25, 0.3) is 0 Å². The number of anilines is 1. The predicted molar refractivity (Wildman–Crippen MR) is 88.4 cm³/mol. The van der Waals surface area contributed by atoms with E-state index in [4.69, 9.17) is 11.6 Å². The van der Waals surface area contributed by atoms with Crippen molar-refractivity contribution in [2.24, 2.45) is 0 Å². The lowest BCUT2D eigenvalue weighted by atomic mass is 10.1. The van der Waals surface area contributed by atoms with E-state index in [0.29, 0.717) is 22.8 Å². The summed E-state index contributed by atoms with van der Waals surface area (Å²) in [7, 11) is 0. The number of nitrogens with zero attached hydrogens (tertiary/aromatic N) is 1. The van der Waals surface area contributed by atoms with Gasteiger partial charge in [0.25, 0.3) is 5.91 Å². The first-order valence-electron chi connectivity index (χ1n) is 7.71. The van der Waals surface area contributed by atoms with Crippen LogP contribution in [0.5, 0.6) is 0 Å². The molecule has 2 amide bonds. The van der Waals surface area contributed by atoms with Gasteiger partial charge in [-0.15, -0.1) is 0 Å². The number of carbonyl (C=O) groups is 2. The minimum atomic E-state index is -0.0867. The molecule has 22 heavy (non-hydrogen) atoms. The summed E-state index contributed by atoms with van der Waals surface area (Å²) in [5, 5.41) is 6.35. The third kappa shape index (κ3) is 4.37. The molecule has 0 atom stereocenters. The fraction of sp³-hybridized carbons (Fsp3) is 0.500. The van der Waals surface area contributed by atoms with Crippen molar-refractivity contribution in [3.05, 3.63) is 28.8 Å². The summed E-state index contributed by atoms with van der Waals surface area (Å²) in [4.78, 5) is 26.1. The zero-order valence-corrected chi connectivity index (χ0v) is 13.6. The van der Waals surface area contributed by atoms with Gasteiger partial charge in [-0.1, -0.05) is 18.5 Å². The highest BCUT2D eigenvalue weighted by Gasteiger charge is 2.22. The highest BCUT2D eigenvalue weighted by Crippen LogP contribution is 2.23. The predicted octanol–water partition coefficient (Wildman–Crippen LogP) is 2.51. The highest BCUT2D eigenvalue weighted by atomic mass is 35.5. The monoisotopic (exact) mass is 323 g/mol. The minimum Gasteiger partial charge on any atom is -0.376 e. The van der Waals surface area contributed by atoms with Crippen LogP contribution in [-0.4, -0.2) is 42.9 Å². The lowest BCUT2D eigenvalue weighted by molar-refractivity contribution is -0.119. The van der Waals surface area contributed by atoms with Crippen molar-refractivity contribution in [2.45, 2.75) is 26.2 Å². The van der Waals surface area contributed by atoms with Crippen molar-refractivity contribution in [2.75, 3.05) is 31.5 Å². The van der Waals surface area contributed by atoms with Gasteiger partial charge in [0.2, 0.25) is 5.91 Å². The number of nitrogens with one attached hydrogen (secondary N) is 2. The van der Waals surface area contributed by atoms with E-state index < -0.39 is 0 Å². The first-order chi connectivity index (χ1) is 10.6. The van der Waals surface area contributed by atoms with E-state index >= 15 is 0 Å². The third-order valence-corrected chi connectivity index (χ3v) is 3.85. The maximum atomic E-state index is 12.6. The number of benzene rings is 1. The van der Waals surface area contributed by atoms with Crippen LogP contribution >= 0.6 is 11.6 Å². The number of hydrogen-bond donors (Lipinski definition) is 2. The molecule has 0 aromatic heterocycles. The molecular weight excluding hydrogens is 302 g/mol. The molecule has 6 heteroatoms. The Morgan fingerprint density at radius 1 is 1.27 bits per heavy atom. The van der Waals surface area contributed by atoms with Crippen molar-refractivity contribution >= 4 is 29.1 Å². The molecule has 5 nitrogen and oxygen atoms in total. The van der Waals surface area contributed by atoms with Crippen molar-refractivity contribution in [1.82, 2.24) is 10.2 Å². The molecule has 1 aromatic rings. The SMILES string of the molecule is CCCNC(=O)CNc1ccc(Cl)cc1C(=O)N1CCCC1. The molecule has 0 aliphatic carbocycles. The second-order valence-electron chi connectivity index (χ2n) is 5.39. The molecule has 1 aliphatic rings. The molecule has 1 saturated heterocycles. The Hall–Kier alpha value is -1.75. The molecule has 2 rings (SSSR count). The number of likely N-dealkylation sites (tertiary alicyclic amines) is 1. The van der Waals surface area contributed by atoms with Gasteiger partial charge in [0.05, 0.1) is 12.1 Å². The first kappa shape index (κ1) is 16.6. The maximum absolute atomic E-state index is 12.6. The standard InChI is InChI=1S/C16H22ClN3O2/c1-2-7-18-15(21)11-19-14-6-5-12(17)10-13(14)16(22)20-8-3-4-9-20/h5-6,10,19H,2-4,7-9,11H2,1H3,(H,18,21). The molecule has 0 unspecified atom stereocenters. The average molecular weight is 324 g/mol. The van der Waals surface area contributed by atoms with E-state index in [0.717, 1.165) is 32.4 Å². The van der Waals surface area contributed by atoms with Crippen molar-refractivity contribution in [3.63, 3.8) is 0 Å². The van der Waals surface area contributed by atoms with Crippen molar-refractivity contribution in [1.29, 1.82) is 0 Å². The summed E-state index contributed by atoms with van der Waals surface area (Å²) in [6, 6.07) is 5.13. The summed E-state index contributed by atoms with van der Waals surface area (Å²) >= 11 is 6.02. The second-order valence-corrected chi connectivity index (χ2v) is 5.83. The molecule has 120 valence electrons. The smallest absolute Gasteiger partial charge is 0.256 e. The molecule has 0 saturated carbocycles. The topological polar surface area (TPSA) is 61.4 Å². The largest absolute Gasteiger partial charge is 0.376 e. The van der Waals surface area contributed by atoms with Crippen molar-refractivity contribution < 1.29 is 9.59 Å². The fourth-order valence-electron chi connectivity index (χ4n) is 2.44. The van der Waals surface area contributed by atoms with Gasteiger partial charge in [0.1, 0.15) is 0 Å². The highest BCUT2D eigenvalue weighted by molar-refractivity contribution is 6.31. The van der Waals surface area contributed by atoms with Gasteiger partial charge < -0.3 is 15.5 Å². The lowest BCUT2D eigenvalue weighted by Crippen LogP contribution is -2.32. The van der Waals surface area contributed by atoms with Crippen LogP contribution in [0.1, 0.15) is 36.5 Å². The van der Waals surface area contributed by atoms with Crippen LogP contribution in [0.4, 0.5) is 5.69 Å². The molecule has 1 aliphatic heterocycles. The zero-order valence-electron chi connectivity index (χ0n) is 12.8. The van der Waals surface area contributed by atoms with Gasteiger partial charge in [-0.3, -0.25) is 9.59 Å². The van der Waals surface area contributed by atoms with Crippen molar-refractivity contribution in [3.8, 4) is 0 Å². The first-order valence-corrected chi connectivity index (χ1v) is 8.09. The maximum Gasteiger partial charge on any atom is 0.256 e. The second kappa shape index (κ2) is 8.03. The van der Waals surface area contributed by atoms with E-state index in [9.17, 15) is 9.59 Å². The van der Waals surface area contributed by atoms with E-state index in [-0.39, 0.29) is 18.4 Å². The Bertz CT molecular complexity index is 542. The van der Waals surface area contributed by atoms with Crippen LogP contribution in [0, 0.1) is 0 Å². The van der Waals surface area contributed by atoms with E-state index in [1.807, 2.05) is 11.8 Å². The van der Waals surface area contributed by atoms with E-state index in [1.54, 1.807) is 18.2 Å². The fourth-order valence-corrected chi connectivity index (χ4v) is 2.61. The summed E-state index contributed by atoms with van der Waals surface area (Å²) in [6.07, 6.45) is 2.97. The van der Waals surface area contributed by atoms with Gasteiger partial charge >= 0.3 is 0 Å². The molecule has 1 aromatic carbocycles. The van der Waals surface area contributed by atoms with Crippen LogP contribution in [-0.2, 0) is 4.79 Å². The Labute approximate surface area is 136 Å². The number of hydrogen-bond acceptors (Lipinski definition) is 3. The van der Waals surface area contributed by atoms with Gasteiger partial charge in [-0.25, -0.2) is 0 Å². The minimum absolute atomic E-state index is 0.0310. The van der Waals surface area contributed by atoms with Crippen LogP contribution in [0.3, 0.4) is 0 Å². The van der Waals surface area contributed by atoms with E-state index in [1.165, 1.54) is 0 Å².